The number of carbonyl (C=O) groups is 1. The lowest BCUT2D eigenvalue weighted by Gasteiger charge is -2.32. The molecule has 23 heavy (non-hydrogen) atoms. The van der Waals surface area contributed by atoms with Gasteiger partial charge in [-0.2, -0.15) is 0 Å². The van der Waals surface area contributed by atoms with Crippen molar-refractivity contribution in [1.29, 1.82) is 0 Å². The van der Waals surface area contributed by atoms with E-state index in [1.807, 2.05) is 41.3 Å². The number of nitrogens with zero attached hydrogens (tertiary/aromatic N) is 1. The highest BCUT2D eigenvalue weighted by atomic mass is 32.2. The van der Waals surface area contributed by atoms with Crippen LogP contribution in [0.25, 0.3) is 0 Å². The van der Waals surface area contributed by atoms with Crippen molar-refractivity contribution >= 4 is 15.9 Å². The molecule has 1 fully saturated rings. The second-order valence-corrected chi connectivity index (χ2v) is 7.78. The molecule has 2 rings (SSSR count). The molecule has 1 saturated heterocycles. The van der Waals surface area contributed by atoms with E-state index >= 15 is 0 Å². The smallest absolute Gasteiger partial charge is 0.223 e. The summed E-state index contributed by atoms with van der Waals surface area (Å²) in [4.78, 5) is 14.3. The molecule has 126 valence electrons. The number of amides is 1. The number of hydrogen-bond donors (Lipinski definition) is 1. The van der Waals surface area contributed by atoms with Crippen molar-refractivity contribution in [3.05, 3.63) is 48.6 Å². The summed E-state index contributed by atoms with van der Waals surface area (Å²) in [6.45, 7) is 5.02. The molecule has 1 aromatic rings. The van der Waals surface area contributed by atoms with Crippen molar-refractivity contribution in [1.82, 2.24) is 9.62 Å². The number of hydrogen-bond acceptors (Lipinski definition) is 3. The van der Waals surface area contributed by atoms with E-state index in [2.05, 4.69) is 11.3 Å². The Hall–Kier alpha value is -1.66. The largest absolute Gasteiger partial charge is 0.343 e. The van der Waals surface area contributed by atoms with E-state index in [0.717, 1.165) is 5.56 Å². The van der Waals surface area contributed by atoms with Gasteiger partial charge in [0.2, 0.25) is 15.9 Å². The molecule has 1 amide bonds. The lowest BCUT2D eigenvalue weighted by Crippen LogP contribution is -2.46. The number of piperidine rings is 1. The SMILES string of the molecule is C=C[C@@H](CC(=O)N1CCC(NS(C)(=O)=O)CC1)c1ccccc1. The quantitative estimate of drug-likeness (QED) is 0.807. The molecule has 0 aliphatic carbocycles. The molecule has 1 aliphatic heterocycles. The fourth-order valence-electron chi connectivity index (χ4n) is 2.90. The maximum absolute atomic E-state index is 12.5. The molecule has 0 aromatic heterocycles. The molecular weight excluding hydrogens is 312 g/mol. The summed E-state index contributed by atoms with van der Waals surface area (Å²) < 4.78 is 25.1. The van der Waals surface area contributed by atoms with Crippen LogP contribution in [0.5, 0.6) is 0 Å². The molecule has 0 spiro atoms. The molecule has 1 heterocycles. The van der Waals surface area contributed by atoms with Gasteiger partial charge in [-0.15, -0.1) is 6.58 Å². The average molecular weight is 336 g/mol. The Labute approximate surface area is 138 Å². The number of allylic oxidation sites excluding steroid dienone is 1. The van der Waals surface area contributed by atoms with Crippen LogP contribution in [0.1, 0.15) is 30.7 Å². The van der Waals surface area contributed by atoms with Crippen LogP contribution < -0.4 is 4.72 Å². The summed E-state index contributed by atoms with van der Waals surface area (Å²) in [7, 11) is -3.19. The molecule has 1 aliphatic rings. The lowest BCUT2D eigenvalue weighted by molar-refractivity contribution is -0.132. The van der Waals surface area contributed by atoms with E-state index in [-0.39, 0.29) is 17.9 Å². The minimum atomic E-state index is -3.19. The van der Waals surface area contributed by atoms with Gasteiger partial charge in [0.15, 0.2) is 0 Å². The van der Waals surface area contributed by atoms with Crippen LogP contribution in [0.3, 0.4) is 0 Å². The van der Waals surface area contributed by atoms with Gasteiger partial charge in [0.05, 0.1) is 6.26 Å². The first-order chi connectivity index (χ1) is 10.9. The Morgan fingerprint density at radius 3 is 2.48 bits per heavy atom. The minimum absolute atomic E-state index is 0.00979. The predicted octanol–water partition coefficient (Wildman–Crippen LogP) is 1.89. The number of rotatable bonds is 6. The first-order valence-corrected chi connectivity index (χ1v) is 9.71. The van der Waals surface area contributed by atoms with Crippen molar-refractivity contribution in [2.24, 2.45) is 0 Å². The number of likely N-dealkylation sites (tertiary alicyclic amines) is 1. The average Bonchev–Trinajstić information content (AvgIpc) is 2.52. The summed E-state index contributed by atoms with van der Waals surface area (Å²) >= 11 is 0. The van der Waals surface area contributed by atoms with E-state index in [1.165, 1.54) is 6.26 Å². The summed E-state index contributed by atoms with van der Waals surface area (Å²) in [5, 5.41) is 0. The minimum Gasteiger partial charge on any atom is -0.343 e. The molecule has 1 N–H and O–H groups in total. The van der Waals surface area contributed by atoms with Gasteiger partial charge in [0.1, 0.15) is 0 Å². The molecule has 0 radical (unpaired) electrons. The molecule has 0 unspecified atom stereocenters. The van der Waals surface area contributed by atoms with E-state index in [0.29, 0.717) is 32.4 Å². The summed E-state index contributed by atoms with van der Waals surface area (Å²) in [6, 6.07) is 9.80. The van der Waals surface area contributed by atoms with E-state index in [1.54, 1.807) is 0 Å². The van der Waals surface area contributed by atoms with Crippen LogP contribution in [0, 0.1) is 0 Å². The Morgan fingerprint density at radius 1 is 1.35 bits per heavy atom. The van der Waals surface area contributed by atoms with Crippen molar-refractivity contribution in [3.8, 4) is 0 Å². The normalized spacial score (nSPS) is 17.7. The van der Waals surface area contributed by atoms with E-state index in [4.69, 9.17) is 0 Å². The third kappa shape index (κ3) is 5.48. The second kappa shape index (κ2) is 7.75. The van der Waals surface area contributed by atoms with Gasteiger partial charge in [-0.3, -0.25) is 4.79 Å². The van der Waals surface area contributed by atoms with Gasteiger partial charge in [0.25, 0.3) is 0 Å². The molecule has 6 heteroatoms. The summed E-state index contributed by atoms with van der Waals surface area (Å²) in [5.74, 6) is 0.104. The van der Waals surface area contributed by atoms with Crippen LogP contribution >= 0.6 is 0 Å². The van der Waals surface area contributed by atoms with E-state index < -0.39 is 10.0 Å². The van der Waals surface area contributed by atoms with Crippen molar-refractivity contribution in [2.75, 3.05) is 19.3 Å². The topological polar surface area (TPSA) is 66.5 Å². The Kier molecular flexibility index (Phi) is 5.96. The fraction of sp³-hybridized carbons (Fsp3) is 0.471. The van der Waals surface area contributed by atoms with Crippen molar-refractivity contribution < 1.29 is 13.2 Å². The van der Waals surface area contributed by atoms with Crippen LogP contribution in [-0.4, -0.2) is 44.6 Å². The maximum atomic E-state index is 12.5. The zero-order chi connectivity index (χ0) is 16.9. The van der Waals surface area contributed by atoms with E-state index in [9.17, 15) is 13.2 Å². The first-order valence-electron chi connectivity index (χ1n) is 7.81. The van der Waals surface area contributed by atoms with Crippen molar-refractivity contribution in [2.45, 2.75) is 31.2 Å². The maximum Gasteiger partial charge on any atom is 0.223 e. The number of sulfonamides is 1. The third-order valence-corrected chi connectivity index (χ3v) is 4.90. The molecule has 1 aromatic carbocycles. The first kappa shape index (κ1) is 17.7. The highest BCUT2D eigenvalue weighted by Gasteiger charge is 2.25. The highest BCUT2D eigenvalue weighted by Crippen LogP contribution is 2.22. The predicted molar refractivity (Wildman–Crippen MR) is 91.6 cm³/mol. The highest BCUT2D eigenvalue weighted by molar-refractivity contribution is 7.88. The number of benzene rings is 1. The number of carbonyl (C=O) groups excluding carboxylic acids is 1. The van der Waals surface area contributed by atoms with Crippen LogP contribution in [0.4, 0.5) is 0 Å². The monoisotopic (exact) mass is 336 g/mol. The van der Waals surface area contributed by atoms with Gasteiger partial charge < -0.3 is 4.90 Å². The Balaban J connectivity index is 1.88. The second-order valence-electron chi connectivity index (χ2n) is 6.00. The van der Waals surface area contributed by atoms with Gasteiger partial charge in [-0.25, -0.2) is 13.1 Å². The fourth-order valence-corrected chi connectivity index (χ4v) is 3.75. The molecule has 0 saturated carbocycles. The van der Waals surface area contributed by atoms with Crippen LogP contribution in [-0.2, 0) is 14.8 Å². The lowest BCUT2D eigenvalue weighted by atomic mass is 9.94. The Bertz CT molecular complexity index is 635. The molecule has 1 atom stereocenters. The number of nitrogens with one attached hydrogen (secondary N) is 1. The van der Waals surface area contributed by atoms with Gasteiger partial charge in [-0.1, -0.05) is 36.4 Å². The van der Waals surface area contributed by atoms with Gasteiger partial charge in [-0.05, 0) is 18.4 Å². The molecular formula is C17H24N2O3S. The molecule has 5 nitrogen and oxygen atoms in total. The zero-order valence-corrected chi connectivity index (χ0v) is 14.3. The van der Waals surface area contributed by atoms with Gasteiger partial charge in [0, 0.05) is 31.5 Å². The Morgan fingerprint density at radius 2 is 1.96 bits per heavy atom. The van der Waals surface area contributed by atoms with Crippen molar-refractivity contribution in [3.63, 3.8) is 0 Å². The summed E-state index contributed by atoms with van der Waals surface area (Å²) in [5.41, 5.74) is 1.09. The van der Waals surface area contributed by atoms with Gasteiger partial charge >= 0.3 is 0 Å². The third-order valence-electron chi connectivity index (χ3n) is 4.14. The molecule has 0 bridgehead atoms. The summed E-state index contributed by atoms with van der Waals surface area (Å²) in [6.07, 6.45) is 4.69. The standard InChI is InChI=1S/C17H24N2O3S/c1-3-14(15-7-5-4-6-8-15)13-17(20)19-11-9-16(10-12-19)18-23(2,21)22/h3-8,14,16,18H,1,9-13H2,2H3/t14-/m0/s1. The van der Waals surface area contributed by atoms with Crippen LogP contribution in [0.2, 0.25) is 0 Å². The van der Waals surface area contributed by atoms with Crippen LogP contribution in [0.15, 0.2) is 43.0 Å². The zero-order valence-electron chi connectivity index (χ0n) is 13.4.